The van der Waals surface area contributed by atoms with Gasteiger partial charge in [0.15, 0.2) is 0 Å². The molecule has 0 saturated carbocycles. The summed E-state index contributed by atoms with van der Waals surface area (Å²) >= 11 is 0. The molecule has 0 aliphatic carbocycles. The zero-order valence-corrected chi connectivity index (χ0v) is 10.3. The van der Waals surface area contributed by atoms with Crippen LogP contribution in [0.5, 0.6) is 0 Å². The zero-order chi connectivity index (χ0) is 10.6. The second-order valence-electron chi connectivity index (χ2n) is 5.36. The van der Waals surface area contributed by atoms with Crippen LogP contribution in [0.2, 0.25) is 0 Å². The smallest absolute Gasteiger partial charge is 0.0192 e. The van der Waals surface area contributed by atoms with Crippen molar-refractivity contribution >= 4 is 0 Å². The van der Waals surface area contributed by atoms with E-state index < -0.39 is 0 Å². The van der Waals surface area contributed by atoms with Gasteiger partial charge in [-0.15, -0.1) is 0 Å². The van der Waals surface area contributed by atoms with Gasteiger partial charge in [-0.05, 0) is 44.8 Å². The predicted molar refractivity (Wildman–Crippen MR) is 62.6 cm³/mol. The number of rotatable bonds is 4. The first-order valence-electron chi connectivity index (χ1n) is 6.00. The van der Waals surface area contributed by atoms with Gasteiger partial charge >= 0.3 is 0 Å². The van der Waals surface area contributed by atoms with Crippen molar-refractivity contribution in [2.75, 3.05) is 26.2 Å². The molecule has 84 valence electrons. The van der Waals surface area contributed by atoms with E-state index in [0.717, 1.165) is 13.1 Å². The molecule has 0 aromatic heterocycles. The molecule has 1 saturated heterocycles. The average molecular weight is 198 g/mol. The molecule has 1 aliphatic rings. The summed E-state index contributed by atoms with van der Waals surface area (Å²) in [4.78, 5) is 2.62. The molecule has 1 rings (SSSR count). The van der Waals surface area contributed by atoms with E-state index in [1.54, 1.807) is 0 Å². The van der Waals surface area contributed by atoms with Crippen molar-refractivity contribution in [1.29, 1.82) is 0 Å². The number of nitrogens with zero attached hydrogens (tertiary/aromatic N) is 1. The Hall–Kier alpha value is -0.0800. The molecule has 1 unspecified atom stereocenters. The first-order valence-corrected chi connectivity index (χ1v) is 6.00. The van der Waals surface area contributed by atoms with Crippen LogP contribution in [0.15, 0.2) is 0 Å². The highest BCUT2D eigenvalue weighted by molar-refractivity contribution is 4.81. The third-order valence-corrected chi connectivity index (χ3v) is 3.46. The summed E-state index contributed by atoms with van der Waals surface area (Å²) in [5.41, 5.74) is 0.578. The molecule has 0 aromatic rings. The molecule has 14 heavy (non-hydrogen) atoms. The second-order valence-corrected chi connectivity index (χ2v) is 5.36. The van der Waals surface area contributed by atoms with Crippen LogP contribution in [0.3, 0.4) is 0 Å². The summed E-state index contributed by atoms with van der Waals surface area (Å²) in [6.45, 7) is 14.1. The van der Waals surface area contributed by atoms with E-state index in [-0.39, 0.29) is 0 Å². The Morgan fingerprint density at radius 3 is 2.36 bits per heavy atom. The molecule has 1 atom stereocenters. The van der Waals surface area contributed by atoms with Crippen LogP contribution < -0.4 is 5.32 Å². The Kier molecular flexibility index (Phi) is 4.39. The van der Waals surface area contributed by atoms with Gasteiger partial charge in [-0.3, -0.25) is 4.90 Å². The van der Waals surface area contributed by atoms with E-state index in [9.17, 15) is 0 Å². The van der Waals surface area contributed by atoms with Crippen LogP contribution in [-0.2, 0) is 0 Å². The van der Waals surface area contributed by atoms with Gasteiger partial charge in [0.05, 0.1) is 0 Å². The molecule has 1 fully saturated rings. The highest BCUT2D eigenvalue weighted by Gasteiger charge is 2.27. The summed E-state index contributed by atoms with van der Waals surface area (Å²) in [7, 11) is 0. The Balaban J connectivity index is 2.27. The average Bonchev–Trinajstić information content (AvgIpc) is 2.14. The van der Waals surface area contributed by atoms with Gasteiger partial charge < -0.3 is 5.32 Å². The van der Waals surface area contributed by atoms with Gasteiger partial charge in [-0.1, -0.05) is 20.8 Å². The van der Waals surface area contributed by atoms with Gasteiger partial charge in [-0.2, -0.15) is 0 Å². The fraction of sp³-hybridized carbons (Fsp3) is 1.00. The number of nitrogens with one attached hydrogen (secondary N) is 1. The second kappa shape index (κ2) is 5.13. The van der Waals surface area contributed by atoms with Gasteiger partial charge in [0.2, 0.25) is 0 Å². The largest absolute Gasteiger partial charge is 0.315 e. The first-order chi connectivity index (χ1) is 6.55. The van der Waals surface area contributed by atoms with E-state index in [0.29, 0.717) is 11.5 Å². The minimum atomic E-state index is 0.578. The maximum Gasteiger partial charge on any atom is 0.0192 e. The normalized spacial score (nSPS) is 24.9. The minimum Gasteiger partial charge on any atom is -0.315 e. The maximum atomic E-state index is 3.42. The topological polar surface area (TPSA) is 15.3 Å². The standard InChI is InChI=1S/C12H26N2/c1-5-13-10-11(2)14-8-6-12(3,4)7-9-14/h11,13H,5-10H2,1-4H3. The van der Waals surface area contributed by atoms with Crippen LogP contribution in [-0.4, -0.2) is 37.1 Å². The SMILES string of the molecule is CCNCC(C)N1CCC(C)(C)CC1. The molecule has 1 N–H and O–H groups in total. The van der Waals surface area contributed by atoms with Crippen molar-refractivity contribution in [3.63, 3.8) is 0 Å². The number of likely N-dealkylation sites (N-methyl/N-ethyl adjacent to an activating group) is 1. The summed E-state index contributed by atoms with van der Waals surface area (Å²) in [6.07, 6.45) is 2.70. The molecule has 0 radical (unpaired) electrons. The molecule has 2 heteroatoms. The zero-order valence-electron chi connectivity index (χ0n) is 10.3. The Bertz CT molecular complexity index is 156. The van der Waals surface area contributed by atoms with Gasteiger partial charge in [-0.25, -0.2) is 0 Å². The van der Waals surface area contributed by atoms with Gasteiger partial charge in [0, 0.05) is 12.6 Å². The maximum absolute atomic E-state index is 3.42. The molecule has 0 spiro atoms. The fourth-order valence-electron chi connectivity index (χ4n) is 2.05. The van der Waals surface area contributed by atoms with Crippen LogP contribution in [0.4, 0.5) is 0 Å². The van der Waals surface area contributed by atoms with Crippen molar-refractivity contribution < 1.29 is 0 Å². The number of likely N-dealkylation sites (tertiary alicyclic amines) is 1. The Labute approximate surface area is 89.1 Å². The van der Waals surface area contributed by atoms with Crippen LogP contribution in [0.25, 0.3) is 0 Å². The molecule has 2 nitrogen and oxygen atoms in total. The lowest BCUT2D eigenvalue weighted by Crippen LogP contribution is -2.46. The van der Waals surface area contributed by atoms with Crippen LogP contribution in [0.1, 0.15) is 40.5 Å². The third kappa shape index (κ3) is 3.58. The van der Waals surface area contributed by atoms with Crippen LogP contribution >= 0.6 is 0 Å². The van der Waals surface area contributed by atoms with Crippen molar-refractivity contribution in [2.45, 2.75) is 46.6 Å². The minimum absolute atomic E-state index is 0.578. The highest BCUT2D eigenvalue weighted by atomic mass is 15.2. The number of piperidine rings is 1. The van der Waals surface area contributed by atoms with E-state index in [2.05, 4.69) is 37.9 Å². The summed E-state index contributed by atoms with van der Waals surface area (Å²) < 4.78 is 0. The fourth-order valence-corrected chi connectivity index (χ4v) is 2.05. The van der Waals surface area contributed by atoms with Crippen molar-refractivity contribution in [3.05, 3.63) is 0 Å². The quantitative estimate of drug-likeness (QED) is 0.744. The third-order valence-electron chi connectivity index (χ3n) is 3.46. The molecular formula is C12H26N2. The lowest BCUT2D eigenvalue weighted by atomic mass is 9.82. The molecule has 0 bridgehead atoms. The number of hydrogen-bond acceptors (Lipinski definition) is 2. The summed E-state index contributed by atoms with van der Waals surface area (Å²) in [5.74, 6) is 0. The molecule has 0 aromatic carbocycles. The van der Waals surface area contributed by atoms with Crippen molar-refractivity contribution in [1.82, 2.24) is 10.2 Å². The predicted octanol–water partition coefficient (Wildman–Crippen LogP) is 2.11. The van der Waals surface area contributed by atoms with Gasteiger partial charge in [0.1, 0.15) is 0 Å². The molecule has 0 amide bonds. The van der Waals surface area contributed by atoms with E-state index in [4.69, 9.17) is 0 Å². The Morgan fingerprint density at radius 1 is 1.29 bits per heavy atom. The molecule has 1 heterocycles. The molecule has 1 aliphatic heterocycles. The lowest BCUT2D eigenvalue weighted by molar-refractivity contribution is 0.100. The summed E-state index contributed by atoms with van der Waals surface area (Å²) in [6, 6.07) is 0.700. The highest BCUT2D eigenvalue weighted by Crippen LogP contribution is 2.30. The van der Waals surface area contributed by atoms with E-state index >= 15 is 0 Å². The van der Waals surface area contributed by atoms with Crippen molar-refractivity contribution in [3.8, 4) is 0 Å². The monoisotopic (exact) mass is 198 g/mol. The first kappa shape index (κ1) is 12.0. The van der Waals surface area contributed by atoms with E-state index in [1.165, 1.54) is 25.9 Å². The lowest BCUT2D eigenvalue weighted by Gasteiger charge is -2.40. The Morgan fingerprint density at radius 2 is 1.86 bits per heavy atom. The number of hydrogen-bond donors (Lipinski definition) is 1. The molecular weight excluding hydrogens is 172 g/mol. The van der Waals surface area contributed by atoms with Crippen LogP contribution in [0, 0.1) is 5.41 Å². The summed E-state index contributed by atoms with van der Waals surface area (Å²) in [5, 5.41) is 3.42. The van der Waals surface area contributed by atoms with Gasteiger partial charge in [0.25, 0.3) is 0 Å². The van der Waals surface area contributed by atoms with E-state index in [1.807, 2.05) is 0 Å². The van der Waals surface area contributed by atoms with Crippen molar-refractivity contribution in [2.24, 2.45) is 5.41 Å².